The minimum absolute atomic E-state index is 0. The van der Waals surface area contributed by atoms with E-state index >= 15 is 0 Å². The second kappa shape index (κ2) is 66.8. The third-order valence-electron chi connectivity index (χ3n) is 18.5. The second-order valence-electron chi connectivity index (χ2n) is 25.7. The van der Waals surface area contributed by atoms with Crippen LogP contribution in [0.1, 0.15) is 0 Å². The third kappa shape index (κ3) is 35.5. The zero-order valence-corrected chi connectivity index (χ0v) is 111. The summed E-state index contributed by atoms with van der Waals surface area (Å²) in [7, 11) is 0. The van der Waals surface area contributed by atoms with E-state index in [1.807, 2.05) is 218 Å². The van der Waals surface area contributed by atoms with Crippen LogP contribution in [0.4, 0.5) is 0 Å². The van der Waals surface area contributed by atoms with Gasteiger partial charge in [0.05, 0.1) is 0 Å². The Bertz CT molecular complexity index is 5950. The van der Waals surface area contributed by atoms with E-state index in [2.05, 4.69) is 267 Å². The molecule has 0 fully saturated rings. The average molecular weight is 2720 g/mol. The van der Waals surface area contributed by atoms with Crippen molar-refractivity contribution in [3.63, 3.8) is 0 Å². The summed E-state index contributed by atoms with van der Waals surface area (Å²) in [4.78, 5) is 0. The molecule has 125 heavy (non-hydrogen) atoms. The van der Waals surface area contributed by atoms with Gasteiger partial charge in [0.15, 0.2) is 0 Å². The Balaban J connectivity index is 0.000000758. The molecule has 0 bridgehead atoms. The predicted octanol–water partition coefficient (Wildman–Crippen LogP) is 26.8. The van der Waals surface area contributed by atoms with Crippen LogP contribution in [0.5, 0.6) is 0 Å². The van der Waals surface area contributed by atoms with Gasteiger partial charge in [-0.1, -0.05) is 131 Å². The minimum atomic E-state index is 0. The Morgan fingerprint density at radius 3 is 0.864 bits per heavy atom. The minimum Gasteiger partial charge on any atom is -0.379 e. The van der Waals surface area contributed by atoms with E-state index in [0.717, 1.165) is 117 Å². The fourth-order valence-electron chi connectivity index (χ4n) is 13.0. The van der Waals surface area contributed by atoms with E-state index in [0.29, 0.717) is 0 Å². The molecule has 0 aliphatic rings. The smallest absolute Gasteiger partial charge is 0 e. The molecule has 0 aliphatic heterocycles. The molecule has 0 heterocycles. The molecule has 15 heteroatoms. The van der Waals surface area contributed by atoms with Crippen molar-refractivity contribution in [2.75, 3.05) is 0 Å². The Morgan fingerprint density at radius 1 is 0.144 bits per heavy atom. The standard InChI is InChI=1S/5C22H12.15Y/c2*1-2-8-17(9-3-1)19-12-6-13-20(16-19)22-15-7-11-18-10-4-5-14-21(18)22;3*1-2-7-17(8-3-1)20-11-6-12-21(15-20)22-14-13-18-9-4-5-10-19(18)16-22;;;;;;;;;;;;;;;/h1-8,10-11,14,16H;1-8,10-11,13-14H;1-7,9-10,13,15-16H;1-7,9-10,12-13,16H;1-7,9-10,12-14H;;;;;;;;;;;;;;;/q5*-4;;;;;;;;;;;;;;;. The summed E-state index contributed by atoms with van der Waals surface area (Å²) < 4.78 is 0. The molecule has 0 unspecified atom stereocenters. The van der Waals surface area contributed by atoms with Gasteiger partial charge in [-0.2, -0.15) is 88.5 Å². The Morgan fingerprint density at radius 2 is 0.440 bits per heavy atom. The molecule has 0 saturated heterocycles. The quantitative estimate of drug-likeness (QED) is 0.120. The number of rotatable bonds is 10. The molecule has 0 spiro atoms. The van der Waals surface area contributed by atoms with Gasteiger partial charge in [-0.15, -0.1) is 165 Å². The summed E-state index contributed by atoms with van der Waals surface area (Å²) in [5.74, 6) is 0. The van der Waals surface area contributed by atoms with Gasteiger partial charge in [0.25, 0.3) is 0 Å². The summed E-state index contributed by atoms with van der Waals surface area (Å²) in [6, 6.07) is 188. The maximum absolute atomic E-state index is 3.47. The molecule has 20 rings (SSSR count). The van der Waals surface area contributed by atoms with E-state index in [9.17, 15) is 0 Å². The van der Waals surface area contributed by atoms with Gasteiger partial charge in [-0.25, -0.2) is 60.7 Å². The molecule has 0 amide bonds. The first-order chi connectivity index (χ1) is 54.5. The van der Waals surface area contributed by atoms with Crippen LogP contribution < -0.4 is 0 Å². The number of hydrogen-bond acceptors (Lipinski definition) is 0. The third-order valence-corrected chi connectivity index (χ3v) is 18.5. The van der Waals surface area contributed by atoms with Crippen molar-refractivity contribution in [1.82, 2.24) is 0 Å². The zero-order valence-electron chi connectivity index (χ0n) is 68.3. The largest absolute Gasteiger partial charge is 0.379 e. The van der Waals surface area contributed by atoms with E-state index in [4.69, 9.17) is 0 Å². The molecule has 0 nitrogen and oxygen atoms in total. The Kier molecular flexibility index (Phi) is 66.9. The van der Waals surface area contributed by atoms with Gasteiger partial charge in [-0.3, -0.25) is 76.3 Å². The second-order valence-corrected chi connectivity index (χ2v) is 25.7. The van der Waals surface area contributed by atoms with Crippen molar-refractivity contribution in [1.29, 1.82) is 0 Å². The number of benzene rings is 20. The van der Waals surface area contributed by atoms with Crippen LogP contribution in [-0.4, -0.2) is 0 Å². The first kappa shape index (κ1) is 125. The topological polar surface area (TPSA) is 0 Å². The van der Waals surface area contributed by atoms with Crippen molar-refractivity contribution in [2.45, 2.75) is 0 Å². The molecule has 0 aromatic heterocycles. The van der Waals surface area contributed by atoms with Crippen molar-refractivity contribution in [3.05, 3.63) is 485 Å². The van der Waals surface area contributed by atoms with Crippen molar-refractivity contribution < 1.29 is 491 Å². The van der Waals surface area contributed by atoms with E-state index < -0.39 is 0 Å². The maximum atomic E-state index is 3.47. The van der Waals surface area contributed by atoms with Gasteiger partial charge >= 0.3 is 0 Å². The average Bonchev–Trinajstić information content (AvgIpc) is 0.816. The van der Waals surface area contributed by atoms with Crippen molar-refractivity contribution >= 4 is 53.9 Å². The number of hydrogen-bond donors (Lipinski definition) is 0. The van der Waals surface area contributed by atoms with Crippen LogP contribution in [0.3, 0.4) is 0 Å². The summed E-state index contributed by atoms with van der Waals surface area (Å²) >= 11 is 0. The van der Waals surface area contributed by atoms with Crippen LogP contribution in [-0.2, 0) is 491 Å². The molecule has 565 valence electrons. The van der Waals surface area contributed by atoms with Crippen molar-refractivity contribution in [3.8, 4) is 111 Å². The van der Waals surface area contributed by atoms with Crippen molar-refractivity contribution in [2.24, 2.45) is 0 Å². The van der Waals surface area contributed by atoms with Gasteiger partial charge < -0.3 is 128 Å². The summed E-state index contributed by atoms with van der Waals surface area (Å²) in [6.45, 7) is 0. The van der Waals surface area contributed by atoms with Crippen LogP contribution >= 0.6 is 0 Å². The van der Waals surface area contributed by atoms with E-state index in [1.54, 1.807) is 0 Å². The molecule has 0 saturated carbocycles. The zero-order chi connectivity index (χ0) is 73.9. The molecule has 20 aromatic rings. The Labute approximate surface area is 1120 Å². The molecule has 0 N–H and O–H groups in total. The summed E-state index contributed by atoms with van der Waals surface area (Å²) in [6.07, 6.45) is 0. The molecule has 15 radical (unpaired) electrons. The van der Waals surface area contributed by atoms with Gasteiger partial charge in [0.1, 0.15) is 0 Å². The number of fused-ring (bicyclic) bond motifs is 5. The van der Waals surface area contributed by atoms with Crippen LogP contribution in [0.15, 0.2) is 364 Å². The Hall–Kier alpha value is 2.26. The summed E-state index contributed by atoms with van der Waals surface area (Å²) in [5, 5.41) is 12.0. The van der Waals surface area contributed by atoms with Crippen LogP contribution in [0.25, 0.3) is 165 Å². The van der Waals surface area contributed by atoms with Gasteiger partial charge in [0, 0.05) is 491 Å². The fraction of sp³-hybridized carbons (Fsp3) is 0. The first-order valence-electron chi connectivity index (χ1n) is 36.1. The fourth-order valence-corrected chi connectivity index (χ4v) is 13.0. The van der Waals surface area contributed by atoms with Crippen LogP contribution in [0.2, 0.25) is 0 Å². The maximum Gasteiger partial charge on any atom is 0 e. The SMILES string of the molecule is [Y].[Y].[Y].[Y].[Y].[Y].[Y].[Y].[Y].[Y].[Y].[Y].[Y].[Y].[Y].[c-]1ccc(-c2[c-]c3ccccc3cc2)[c-]c1-c1[c-]cccc1.[c-]1ccc(-c2[c-]cc3ccccc3c2)[c-]c1-c1[c-]cccc1.[c-]1ccc(-c2[c-]ccc3ccccc23)[c-]c1-c1[c-]cccc1.[c-]1ccccc1-c1[c-]c[c-]c(-c2[c-]cc3ccccc3c2)c1.[c-]1ccccc1-c1[c-]c[c-]c(-c2[c-]ccc3ccccc23)c1. The molecular weight excluding hydrogens is 2650 g/mol. The molecule has 0 aliphatic carbocycles. The predicted molar refractivity (Wildman–Crippen MR) is 451 cm³/mol. The molecule has 0 atom stereocenters. The monoisotopic (exact) mass is 2710 g/mol. The van der Waals surface area contributed by atoms with Gasteiger partial charge in [-0.05, 0) is 0 Å². The molecule has 20 aromatic carbocycles. The van der Waals surface area contributed by atoms with Gasteiger partial charge in [0.2, 0.25) is 0 Å². The van der Waals surface area contributed by atoms with Crippen LogP contribution in [0, 0.1) is 121 Å². The first-order valence-corrected chi connectivity index (χ1v) is 36.1. The van der Waals surface area contributed by atoms with E-state index in [1.165, 1.54) is 48.5 Å². The van der Waals surface area contributed by atoms with E-state index in [-0.39, 0.29) is 491 Å². The molecular formula is C110H60Y15-20. The normalized spacial score (nSPS) is 9.44. The summed E-state index contributed by atoms with van der Waals surface area (Å²) in [5.41, 5.74) is 20.4.